The maximum absolute atomic E-state index is 13.0. The van der Waals surface area contributed by atoms with E-state index in [4.69, 9.17) is 58.5 Å². The van der Waals surface area contributed by atoms with E-state index in [0.29, 0.717) is 13.0 Å². The molecule has 1 saturated heterocycles. The molecule has 0 bridgehead atoms. The van der Waals surface area contributed by atoms with Crippen LogP contribution in [0.15, 0.2) is 0 Å². The Labute approximate surface area is 215 Å². The van der Waals surface area contributed by atoms with Crippen LogP contribution >= 0.6 is 34.8 Å². The number of ether oxygens (including phenoxy) is 5. The second-order valence-corrected chi connectivity index (χ2v) is 12.3. The predicted molar refractivity (Wildman–Crippen MR) is 127 cm³/mol. The van der Waals surface area contributed by atoms with Crippen molar-refractivity contribution >= 4 is 52.8 Å². The number of hydrogen-bond acceptors (Lipinski definition) is 9. The number of nitrogens with one attached hydrogen (secondary N) is 1. The van der Waals surface area contributed by atoms with Crippen LogP contribution in [0.1, 0.15) is 48.0 Å². The van der Waals surface area contributed by atoms with Gasteiger partial charge in [-0.1, -0.05) is 34.8 Å². The van der Waals surface area contributed by atoms with Crippen LogP contribution in [0.3, 0.4) is 0 Å². The smallest absolute Gasteiger partial charge is 0.408 e. The first-order chi connectivity index (χ1) is 15.4. The van der Waals surface area contributed by atoms with Crippen LogP contribution in [0.2, 0.25) is 0 Å². The van der Waals surface area contributed by atoms with Gasteiger partial charge in [0.1, 0.15) is 36.7 Å². The lowest BCUT2D eigenvalue weighted by molar-refractivity contribution is -0.172. The molecule has 0 spiro atoms. The monoisotopic (exact) mass is 548 g/mol. The predicted octanol–water partition coefficient (Wildman–Crippen LogP) is 3.20. The summed E-state index contributed by atoms with van der Waals surface area (Å²) < 4.78 is 24.7. The summed E-state index contributed by atoms with van der Waals surface area (Å²) >= 11 is 16.9. The summed E-state index contributed by atoms with van der Waals surface area (Å²) in [5.74, 6) is -1.15. The Balaban J connectivity index is 3.05. The Morgan fingerprint density at radius 3 is 2.06 bits per heavy atom. The average Bonchev–Trinajstić information content (AvgIpc) is 2.60. The molecule has 34 heavy (non-hydrogen) atoms. The van der Waals surface area contributed by atoms with Crippen LogP contribution in [0.5, 0.6) is 0 Å². The Morgan fingerprint density at radius 1 is 1.03 bits per heavy atom. The summed E-state index contributed by atoms with van der Waals surface area (Å²) in [5, 5.41) is 2.42. The molecule has 198 valence electrons. The number of carbonyl (C=O) groups excluding carboxylic acids is 3. The van der Waals surface area contributed by atoms with Gasteiger partial charge in [0.05, 0.1) is 0 Å². The molecule has 0 saturated carbocycles. The Kier molecular flexibility index (Phi) is 11.6. The van der Waals surface area contributed by atoms with E-state index in [1.807, 2.05) is 0 Å². The van der Waals surface area contributed by atoms with E-state index in [1.165, 1.54) is 7.11 Å². The molecule has 0 radical (unpaired) electrons. The molecule has 0 aromatic rings. The van der Waals surface area contributed by atoms with Crippen molar-refractivity contribution in [3.63, 3.8) is 0 Å². The average molecular weight is 550 g/mol. The normalized spacial score (nSPS) is 18.9. The van der Waals surface area contributed by atoms with Gasteiger partial charge in [0.2, 0.25) is 3.79 Å². The van der Waals surface area contributed by atoms with Gasteiger partial charge in [-0.2, -0.15) is 0 Å². The van der Waals surface area contributed by atoms with E-state index in [9.17, 15) is 14.4 Å². The van der Waals surface area contributed by atoms with Crippen molar-refractivity contribution in [2.75, 3.05) is 33.6 Å². The van der Waals surface area contributed by atoms with E-state index in [0.717, 1.165) is 0 Å². The lowest BCUT2D eigenvalue weighted by Crippen LogP contribution is -2.61. The lowest BCUT2D eigenvalue weighted by Gasteiger charge is -2.42. The van der Waals surface area contributed by atoms with E-state index in [1.54, 1.807) is 46.4 Å². The number of methoxy groups -OCH3 is 1. The fraction of sp³-hybridized carbons (Fsp3) is 0.857. The number of rotatable bonds is 10. The van der Waals surface area contributed by atoms with Crippen LogP contribution in [0, 0.1) is 0 Å². The van der Waals surface area contributed by atoms with Gasteiger partial charge in [-0.3, -0.25) is 9.69 Å². The van der Waals surface area contributed by atoms with Crippen molar-refractivity contribution in [3.05, 3.63) is 0 Å². The molecule has 1 aliphatic heterocycles. The minimum atomic E-state index is -1.83. The molecule has 0 unspecified atom stereocenters. The minimum absolute atomic E-state index is 0.0991. The molecule has 1 amide bonds. The Morgan fingerprint density at radius 2 is 1.62 bits per heavy atom. The zero-order valence-corrected chi connectivity index (χ0v) is 22.9. The zero-order valence-electron chi connectivity index (χ0n) is 20.6. The first-order valence-corrected chi connectivity index (χ1v) is 11.9. The fourth-order valence-electron chi connectivity index (χ4n) is 2.92. The highest BCUT2D eigenvalue weighted by molar-refractivity contribution is 6.67. The molecule has 0 aliphatic carbocycles. The van der Waals surface area contributed by atoms with E-state index in [2.05, 4.69) is 5.32 Å². The number of hydrogen-bond donors (Lipinski definition) is 1. The third kappa shape index (κ3) is 12.1. The van der Waals surface area contributed by atoms with Crippen molar-refractivity contribution in [2.24, 2.45) is 0 Å². The van der Waals surface area contributed by atoms with Gasteiger partial charge in [-0.25, -0.2) is 9.59 Å². The quantitative estimate of drug-likeness (QED) is 0.190. The maximum atomic E-state index is 13.0. The first-order valence-electron chi connectivity index (χ1n) is 10.7. The molecule has 1 rings (SSSR count). The summed E-state index contributed by atoms with van der Waals surface area (Å²) in [7, 11) is 1.41. The molecule has 10 nitrogen and oxygen atoms in total. The van der Waals surface area contributed by atoms with Gasteiger partial charge in [-0.15, -0.1) is 0 Å². The van der Waals surface area contributed by atoms with Crippen LogP contribution in [0.4, 0.5) is 4.79 Å². The molecule has 1 N–H and O–H groups in total. The largest absolute Gasteiger partial charge is 0.459 e. The van der Waals surface area contributed by atoms with E-state index < -0.39 is 51.9 Å². The summed E-state index contributed by atoms with van der Waals surface area (Å²) in [6, 6.07) is -1.82. The van der Waals surface area contributed by atoms with Gasteiger partial charge >= 0.3 is 18.0 Å². The molecule has 0 aromatic heterocycles. The van der Waals surface area contributed by atoms with Crippen molar-refractivity contribution in [1.82, 2.24) is 10.2 Å². The summed E-state index contributed by atoms with van der Waals surface area (Å²) in [5.41, 5.74) is -1.49. The van der Waals surface area contributed by atoms with Gasteiger partial charge < -0.3 is 29.0 Å². The highest BCUT2D eigenvalue weighted by Crippen LogP contribution is 2.26. The zero-order chi connectivity index (χ0) is 26.3. The number of halogens is 3. The van der Waals surface area contributed by atoms with Crippen LogP contribution < -0.4 is 5.32 Å². The Hall–Kier alpha value is -1.04. The van der Waals surface area contributed by atoms with Gasteiger partial charge in [-0.05, 0) is 48.0 Å². The topological polar surface area (TPSA) is 113 Å². The SMILES string of the molecule is COCO[C@@H](CN1CC[C@H]1C(=O)OC(C)(C)C)[C@H](NC(=O)OCC(Cl)(Cl)Cl)C(=O)OC(C)(C)C. The van der Waals surface area contributed by atoms with Crippen LogP contribution in [-0.4, -0.2) is 89.7 Å². The number of alkyl carbamates (subject to hydrolysis) is 1. The maximum Gasteiger partial charge on any atom is 0.408 e. The molecule has 3 atom stereocenters. The molecular formula is C21H35Cl3N2O8. The van der Waals surface area contributed by atoms with Crippen LogP contribution in [-0.2, 0) is 33.3 Å². The van der Waals surface area contributed by atoms with Gasteiger partial charge in [0.15, 0.2) is 6.04 Å². The highest BCUT2D eigenvalue weighted by Gasteiger charge is 2.42. The number of nitrogens with zero attached hydrogens (tertiary/aromatic N) is 1. The first kappa shape index (κ1) is 31.0. The molecule has 0 aromatic carbocycles. The summed E-state index contributed by atoms with van der Waals surface area (Å²) in [6.07, 6.45) is -1.39. The number of likely N-dealkylation sites (tertiary alicyclic amines) is 1. The number of carbonyl (C=O) groups is 3. The van der Waals surface area contributed by atoms with Crippen molar-refractivity contribution in [2.45, 2.75) is 81.1 Å². The number of esters is 2. The van der Waals surface area contributed by atoms with Crippen LogP contribution in [0.25, 0.3) is 0 Å². The second kappa shape index (κ2) is 12.8. The van der Waals surface area contributed by atoms with Gasteiger partial charge in [0.25, 0.3) is 0 Å². The lowest BCUT2D eigenvalue weighted by atomic mass is 10.00. The third-order valence-corrected chi connectivity index (χ3v) is 4.62. The molecule has 1 heterocycles. The molecule has 13 heteroatoms. The van der Waals surface area contributed by atoms with E-state index in [-0.39, 0.29) is 19.3 Å². The van der Waals surface area contributed by atoms with E-state index >= 15 is 0 Å². The standard InChI is InChI=1S/C21H35Cl3N2O8/c1-19(2,3)33-16(27)13-8-9-26(13)10-14(32-12-30-7)15(17(28)34-20(4,5)6)25-18(29)31-11-21(22,23)24/h13-15H,8-12H2,1-7H3,(H,25,29)/t13-,14-,15-/m0/s1. The third-order valence-electron chi connectivity index (χ3n) is 4.30. The fourth-order valence-corrected chi connectivity index (χ4v) is 3.09. The molecular weight excluding hydrogens is 515 g/mol. The minimum Gasteiger partial charge on any atom is -0.459 e. The summed E-state index contributed by atoms with van der Waals surface area (Å²) in [4.78, 5) is 39.7. The van der Waals surface area contributed by atoms with Crippen molar-refractivity contribution < 1.29 is 38.1 Å². The molecule has 1 fully saturated rings. The Bertz CT molecular complexity index is 704. The number of amides is 1. The highest BCUT2D eigenvalue weighted by atomic mass is 35.6. The van der Waals surface area contributed by atoms with Crippen molar-refractivity contribution in [1.29, 1.82) is 0 Å². The van der Waals surface area contributed by atoms with Crippen molar-refractivity contribution in [3.8, 4) is 0 Å². The second-order valence-electron chi connectivity index (χ2n) is 9.79. The molecule has 1 aliphatic rings. The number of alkyl halides is 3. The summed E-state index contributed by atoms with van der Waals surface area (Å²) in [6.45, 7) is 10.3. The van der Waals surface area contributed by atoms with Gasteiger partial charge in [0, 0.05) is 20.2 Å².